The van der Waals surface area contributed by atoms with E-state index in [1.165, 1.54) is 14.0 Å². The second kappa shape index (κ2) is 8.86. The number of Topliss-reactive ketones (excluding diaryl/α,β-unsaturated/α-hetero) is 1. The van der Waals surface area contributed by atoms with Crippen LogP contribution >= 0.6 is 0 Å². The van der Waals surface area contributed by atoms with Crippen molar-refractivity contribution < 1.29 is 23.8 Å². The molecule has 0 aliphatic heterocycles. The first-order valence-electron chi connectivity index (χ1n) is 8.75. The van der Waals surface area contributed by atoms with Crippen LogP contribution in [0, 0.1) is 0 Å². The van der Waals surface area contributed by atoms with E-state index < -0.39 is 5.97 Å². The van der Waals surface area contributed by atoms with Gasteiger partial charge in [-0.15, -0.1) is 0 Å². The number of carbonyl (C=O) groups is 2. The number of ether oxygens (including phenoxy) is 3. The third kappa shape index (κ3) is 4.57. The third-order valence-corrected chi connectivity index (χ3v) is 4.12. The monoisotopic (exact) mass is 376 g/mol. The fourth-order valence-electron chi connectivity index (χ4n) is 2.67. The topological polar surface area (TPSA) is 61.8 Å². The molecule has 0 saturated heterocycles. The molecule has 0 N–H and O–H groups in total. The molecule has 3 aromatic rings. The van der Waals surface area contributed by atoms with Crippen molar-refractivity contribution in [2.45, 2.75) is 13.5 Å². The van der Waals surface area contributed by atoms with Gasteiger partial charge in [-0.2, -0.15) is 0 Å². The summed E-state index contributed by atoms with van der Waals surface area (Å²) in [5, 5.41) is 0. The van der Waals surface area contributed by atoms with Crippen LogP contribution in [0.25, 0.3) is 0 Å². The minimum atomic E-state index is -0.526. The maximum Gasteiger partial charge on any atom is 0.342 e. The van der Waals surface area contributed by atoms with E-state index in [0.717, 1.165) is 0 Å². The molecule has 0 spiro atoms. The highest BCUT2D eigenvalue weighted by atomic mass is 16.5. The van der Waals surface area contributed by atoms with Gasteiger partial charge in [0.15, 0.2) is 5.78 Å². The molecular weight excluding hydrogens is 356 g/mol. The highest BCUT2D eigenvalue weighted by Crippen LogP contribution is 2.27. The van der Waals surface area contributed by atoms with Gasteiger partial charge in [-0.1, -0.05) is 30.3 Å². The summed E-state index contributed by atoms with van der Waals surface area (Å²) in [5.41, 5.74) is 1.46. The van der Waals surface area contributed by atoms with Crippen LogP contribution in [0.15, 0.2) is 72.8 Å². The number of esters is 1. The number of carbonyl (C=O) groups excluding carboxylic acids is 2. The van der Waals surface area contributed by atoms with Crippen LogP contribution in [0.5, 0.6) is 17.2 Å². The van der Waals surface area contributed by atoms with Crippen LogP contribution in [0.3, 0.4) is 0 Å². The maximum absolute atomic E-state index is 12.6. The molecule has 0 aromatic heterocycles. The minimum Gasteiger partial charge on any atom is -0.496 e. The van der Waals surface area contributed by atoms with Gasteiger partial charge in [-0.3, -0.25) is 4.79 Å². The lowest BCUT2D eigenvalue weighted by Gasteiger charge is -2.13. The van der Waals surface area contributed by atoms with Crippen molar-refractivity contribution in [3.8, 4) is 17.2 Å². The standard InChI is InChI=1S/C23H20O5/c1-16(24)17-12-13-21(26-2)18(14-17)15-27-23(25)20-10-6-7-11-22(20)28-19-8-4-3-5-9-19/h3-14H,15H2,1-2H3. The molecule has 0 atom stereocenters. The molecular formula is C23H20O5. The molecule has 3 rings (SSSR count). The molecule has 0 radical (unpaired) electrons. The normalized spacial score (nSPS) is 10.2. The first-order valence-corrected chi connectivity index (χ1v) is 8.75. The van der Waals surface area contributed by atoms with E-state index in [1.807, 2.05) is 18.2 Å². The van der Waals surface area contributed by atoms with E-state index >= 15 is 0 Å². The number of hydrogen-bond acceptors (Lipinski definition) is 5. The van der Waals surface area contributed by atoms with Crippen LogP contribution in [0.2, 0.25) is 0 Å². The van der Waals surface area contributed by atoms with Gasteiger partial charge in [0.25, 0.3) is 0 Å². The molecule has 5 nitrogen and oxygen atoms in total. The summed E-state index contributed by atoms with van der Waals surface area (Å²) >= 11 is 0. The Labute approximate surface area is 163 Å². The molecule has 0 aliphatic carbocycles. The lowest BCUT2D eigenvalue weighted by atomic mass is 10.1. The number of methoxy groups -OCH3 is 1. The zero-order valence-electron chi connectivity index (χ0n) is 15.7. The minimum absolute atomic E-state index is 0.0250. The van der Waals surface area contributed by atoms with Crippen molar-refractivity contribution in [1.82, 2.24) is 0 Å². The quantitative estimate of drug-likeness (QED) is 0.427. The number of ketones is 1. The fourth-order valence-corrected chi connectivity index (χ4v) is 2.67. The van der Waals surface area contributed by atoms with Gasteiger partial charge in [-0.25, -0.2) is 4.79 Å². The number of hydrogen-bond donors (Lipinski definition) is 0. The Bertz CT molecular complexity index is 979. The van der Waals surface area contributed by atoms with Crippen LogP contribution < -0.4 is 9.47 Å². The van der Waals surface area contributed by atoms with Crippen molar-refractivity contribution in [2.24, 2.45) is 0 Å². The van der Waals surface area contributed by atoms with Crippen molar-refractivity contribution >= 4 is 11.8 Å². The predicted octanol–water partition coefficient (Wildman–Crippen LogP) is 5.05. The second-order valence-electron chi connectivity index (χ2n) is 6.07. The number of benzene rings is 3. The molecule has 5 heteroatoms. The Morgan fingerprint density at radius 3 is 2.29 bits per heavy atom. The van der Waals surface area contributed by atoms with Gasteiger partial charge in [0.1, 0.15) is 29.4 Å². The van der Waals surface area contributed by atoms with E-state index in [9.17, 15) is 9.59 Å². The summed E-state index contributed by atoms with van der Waals surface area (Å²) in [6, 6.07) is 21.1. The molecule has 142 valence electrons. The first kappa shape index (κ1) is 19.2. The average Bonchev–Trinajstić information content (AvgIpc) is 2.73. The van der Waals surface area contributed by atoms with Crippen molar-refractivity contribution in [3.05, 3.63) is 89.5 Å². The fraction of sp³-hybridized carbons (Fsp3) is 0.130. The highest BCUT2D eigenvalue weighted by Gasteiger charge is 2.16. The third-order valence-electron chi connectivity index (χ3n) is 4.12. The predicted molar refractivity (Wildman–Crippen MR) is 105 cm³/mol. The highest BCUT2D eigenvalue weighted by molar-refractivity contribution is 5.94. The van der Waals surface area contributed by atoms with Crippen LogP contribution in [0.1, 0.15) is 33.2 Å². The Balaban J connectivity index is 1.77. The lowest BCUT2D eigenvalue weighted by Crippen LogP contribution is -2.08. The van der Waals surface area contributed by atoms with E-state index in [4.69, 9.17) is 14.2 Å². The molecule has 0 amide bonds. The van der Waals surface area contributed by atoms with Crippen LogP contribution in [-0.2, 0) is 11.3 Å². The molecule has 28 heavy (non-hydrogen) atoms. The van der Waals surface area contributed by atoms with Crippen molar-refractivity contribution in [3.63, 3.8) is 0 Å². The maximum atomic E-state index is 12.6. The van der Waals surface area contributed by atoms with Crippen LogP contribution in [0.4, 0.5) is 0 Å². The Morgan fingerprint density at radius 2 is 1.57 bits per heavy atom. The van der Waals surface area contributed by atoms with E-state index in [1.54, 1.807) is 54.6 Å². The smallest absolute Gasteiger partial charge is 0.342 e. The molecule has 0 heterocycles. The van der Waals surface area contributed by atoms with Crippen molar-refractivity contribution in [1.29, 1.82) is 0 Å². The van der Waals surface area contributed by atoms with Crippen LogP contribution in [-0.4, -0.2) is 18.9 Å². The van der Waals surface area contributed by atoms with Gasteiger partial charge in [0.05, 0.1) is 7.11 Å². The zero-order valence-corrected chi connectivity index (χ0v) is 15.7. The summed E-state index contributed by atoms with van der Waals surface area (Å²) in [6.07, 6.45) is 0. The number of rotatable bonds is 7. The van der Waals surface area contributed by atoms with Gasteiger partial charge in [0.2, 0.25) is 0 Å². The molecule has 3 aromatic carbocycles. The molecule has 0 bridgehead atoms. The van der Waals surface area contributed by atoms with Gasteiger partial charge in [-0.05, 0) is 49.4 Å². The Kier molecular flexibility index (Phi) is 6.07. The molecule has 0 aliphatic rings. The van der Waals surface area contributed by atoms with Gasteiger partial charge < -0.3 is 14.2 Å². The largest absolute Gasteiger partial charge is 0.496 e. The summed E-state index contributed by atoms with van der Waals surface area (Å²) in [4.78, 5) is 24.2. The van der Waals surface area contributed by atoms with E-state index in [2.05, 4.69) is 0 Å². The van der Waals surface area contributed by atoms with E-state index in [0.29, 0.717) is 33.9 Å². The zero-order chi connectivity index (χ0) is 19.9. The van der Waals surface area contributed by atoms with Gasteiger partial charge in [0, 0.05) is 11.1 Å². The summed E-state index contributed by atoms with van der Waals surface area (Å²) in [6.45, 7) is 1.46. The number of para-hydroxylation sites is 2. The van der Waals surface area contributed by atoms with E-state index in [-0.39, 0.29) is 12.4 Å². The molecule has 0 saturated carbocycles. The Hall–Kier alpha value is -3.60. The lowest BCUT2D eigenvalue weighted by molar-refractivity contribution is 0.0467. The second-order valence-corrected chi connectivity index (χ2v) is 6.07. The summed E-state index contributed by atoms with van der Waals surface area (Å²) in [7, 11) is 1.52. The van der Waals surface area contributed by atoms with Crippen molar-refractivity contribution in [2.75, 3.05) is 7.11 Å². The summed E-state index contributed by atoms with van der Waals surface area (Å²) < 4.78 is 16.6. The Morgan fingerprint density at radius 1 is 0.857 bits per heavy atom. The average molecular weight is 376 g/mol. The molecule has 0 unspecified atom stereocenters. The summed E-state index contributed by atoms with van der Waals surface area (Å²) in [5.74, 6) is 0.979. The van der Waals surface area contributed by atoms with Gasteiger partial charge >= 0.3 is 5.97 Å². The first-order chi connectivity index (χ1) is 13.6. The molecule has 0 fully saturated rings. The SMILES string of the molecule is COc1ccc(C(C)=O)cc1COC(=O)c1ccccc1Oc1ccccc1.